The Balaban J connectivity index is 3.68. The molecule has 0 spiro atoms. The minimum absolute atomic E-state index is 0.374. The molecule has 0 saturated carbocycles. The van der Waals surface area contributed by atoms with E-state index < -0.39 is 24.2 Å². The maximum Gasteiger partial charge on any atom is 0.249 e. The third kappa shape index (κ3) is 33.1. The van der Waals surface area contributed by atoms with E-state index in [1.807, 2.05) is 6.08 Å². The third-order valence-corrected chi connectivity index (χ3v) is 9.54. The monoisotopic (exact) mass is 664 g/mol. The van der Waals surface area contributed by atoms with E-state index in [1.165, 1.54) is 154 Å². The van der Waals surface area contributed by atoms with Crippen LogP contribution in [0, 0.1) is 0 Å². The standard InChI is InChI=1S/C42H81NO4/c1-3-5-7-9-11-13-15-16-17-18-19-20-21-22-23-24-25-26-27-29-30-32-34-36-40(45)39(38-44)43-42(47)41(46)37-35-33-31-28-14-12-10-8-6-4-2/h27,29,34,36,39-41,44-46H,3-26,28,30-33,35,37-38H2,1-2H3,(H,43,47)/b29-27+,36-34+. The van der Waals surface area contributed by atoms with Gasteiger partial charge in [0.25, 0.3) is 0 Å². The molecule has 1 amide bonds. The summed E-state index contributed by atoms with van der Waals surface area (Å²) in [6, 6.07) is -0.809. The molecule has 0 aromatic heterocycles. The zero-order chi connectivity index (χ0) is 34.5. The van der Waals surface area contributed by atoms with Gasteiger partial charge in [-0.3, -0.25) is 4.79 Å². The molecule has 0 saturated heterocycles. The van der Waals surface area contributed by atoms with Crippen LogP contribution in [0.3, 0.4) is 0 Å². The first-order valence-corrected chi connectivity index (χ1v) is 20.7. The summed E-state index contributed by atoms with van der Waals surface area (Å²) in [5.41, 5.74) is 0. The van der Waals surface area contributed by atoms with Crippen molar-refractivity contribution in [1.82, 2.24) is 5.32 Å². The van der Waals surface area contributed by atoms with Crippen LogP contribution in [0.5, 0.6) is 0 Å². The van der Waals surface area contributed by atoms with Gasteiger partial charge in [-0.15, -0.1) is 0 Å². The van der Waals surface area contributed by atoms with Crippen molar-refractivity contribution in [3.63, 3.8) is 0 Å². The molecule has 0 aliphatic heterocycles. The lowest BCUT2D eigenvalue weighted by Crippen LogP contribution is -2.48. The molecule has 3 atom stereocenters. The Morgan fingerprint density at radius 2 is 0.872 bits per heavy atom. The van der Waals surface area contributed by atoms with E-state index in [0.29, 0.717) is 6.42 Å². The van der Waals surface area contributed by atoms with Gasteiger partial charge >= 0.3 is 0 Å². The molecule has 47 heavy (non-hydrogen) atoms. The molecular formula is C42H81NO4. The summed E-state index contributed by atoms with van der Waals surface area (Å²) in [4.78, 5) is 12.4. The molecule has 3 unspecified atom stereocenters. The number of unbranched alkanes of at least 4 members (excludes halogenated alkanes) is 27. The lowest BCUT2D eigenvalue weighted by Gasteiger charge is -2.21. The average Bonchev–Trinajstić information content (AvgIpc) is 3.07. The summed E-state index contributed by atoms with van der Waals surface area (Å²) >= 11 is 0. The van der Waals surface area contributed by atoms with Gasteiger partial charge in [-0.2, -0.15) is 0 Å². The molecule has 0 bridgehead atoms. The Morgan fingerprint density at radius 3 is 1.30 bits per heavy atom. The fourth-order valence-corrected chi connectivity index (χ4v) is 6.26. The summed E-state index contributed by atoms with van der Waals surface area (Å²) in [6.45, 7) is 4.15. The summed E-state index contributed by atoms with van der Waals surface area (Å²) in [5.74, 6) is -0.514. The molecule has 0 aromatic rings. The van der Waals surface area contributed by atoms with Gasteiger partial charge in [-0.25, -0.2) is 0 Å². The predicted molar refractivity (Wildman–Crippen MR) is 204 cm³/mol. The van der Waals surface area contributed by atoms with Crippen molar-refractivity contribution in [2.75, 3.05) is 6.61 Å². The molecule has 0 fully saturated rings. The number of aliphatic hydroxyl groups excluding tert-OH is 3. The quantitative estimate of drug-likeness (QED) is 0.0393. The minimum atomic E-state index is -1.10. The summed E-state index contributed by atoms with van der Waals surface area (Å²) in [6.07, 6.45) is 45.0. The van der Waals surface area contributed by atoms with Crippen molar-refractivity contribution in [3.05, 3.63) is 24.3 Å². The van der Waals surface area contributed by atoms with E-state index in [2.05, 4.69) is 31.3 Å². The highest BCUT2D eigenvalue weighted by Crippen LogP contribution is 2.15. The summed E-state index contributed by atoms with van der Waals surface area (Å²) < 4.78 is 0. The van der Waals surface area contributed by atoms with E-state index in [1.54, 1.807) is 6.08 Å². The van der Waals surface area contributed by atoms with Gasteiger partial charge in [0.2, 0.25) is 5.91 Å². The molecule has 0 aromatic carbocycles. The second kappa shape index (κ2) is 37.6. The molecule has 0 rings (SSSR count). The highest BCUT2D eigenvalue weighted by atomic mass is 16.3. The predicted octanol–water partition coefficient (Wildman–Crippen LogP) is 11.4. The Hall–Kier alpha value is -1.17. The number of rotatable bonds is 37. The van der Waals surface area contributed by atoms with Gasteiger partial charge in [-0.05, 0) is 32.1 Å². The first-order valence-electron chi connectivity index (χ1n) is 20.7. The van der Waals surface area contributed by atoms with Crippen LogP contribution in [0.4, 0.5) is 0 Å². The number of hydrogen-bond donors (Lipinski definition) is 4. The number of carbonyl (C=O) groups excluding carboxylic acids is 1. The zero-order valence-corrected chi connectivity index (χ0v) is 31.4. The van der Waals surface area contributed by atoms with Crippen LogP contribution in [-0.2, 0) is 4.79 Å². The second-order valence-corrected chi connectivity index (χ2v) is 14.2. The summed E-state index contributed by atoms with van der Waals surface area (Å²) in [5, 5.41) is 32.9. The van der Waals surface area contributed by atoms with Crippen molar-refractivity contribution in [1.29, 1.82) is 0 Å². The van der Waals surface area contributed by atoms with Crippen molar-refractivity contribution in [2.24, 2.45) is 0 Å². The van der Waals surface area contributed by atoms with Crippen LogP contribution in [0.2, 0.25) is 0 Å². The van der Waals surface area contributed by atoms with Gasteiger partial charge in [0.1, 0.15) is 6.10 Å². The van der Waals surface area contributed by atoms with Gasteiger partial charge in [0.05, 0.1) is 18.8 Å². The number of aliphatic hydroxyl groups is 3. The van der Waals surface area contributed by atoms with Crippen LogP contribution >= 0.6 is 0 Å². The highest BCUT2D eigenvalue weighted by Gasteiger charge is 2.22. The van der Waals surface area contributed by atoms with E-state index >= 15 is 0 Å². The van der Waals surface area contributed by atoms with Crippen LogP contribution < -0.4 is 5.32 Å². The minimum Gasteiger partial charge on any atom is -0.394 e. The fraction of sp³-hybridized carbons (Fsp3) is 0.881. The SMILES string of the molecule is CCCCCCCCCCCCCCCCCCC/C=C/CC/C=C/C(O)C(CO)NC(=O)C(O)CCCCCCCCCCCC. The van der Waals surface area contributed by atoms with Crippen LogP contribution in [0.1, 0.15) is 213 Å². The van der Waals surface area contributed by atoms with Crippen molar-refractivity contribution in [3.8, 4) is 0 Å². The maximum absolute atomic E-state index is 12.4. The topological polar surface area (TPSA) is 89.8 Å². The number of allylic oxidation sites excluding steroid dienone is 3. The molecule has 278 valence electrons. The number of amides is 1. The molecule has 0 heterocycles. The van der Waals surface area contributed by atoms with E-state index in [9.17, 15) is 20.1 Å². The number of nitrogens with one attached hydrogen (secondary N) is 1. The van der Waals surface area contributed by atoms with E-state index in [-0.39, 0.29) is 6.61 Å². The Morgan fingerprint density at radius 1 is 0.511 bits per heavy atom. The Labute approximate surface area is 292 Å². The molecule has 0 aliphatic rings. The lowest BCUT2D eigenvalue weighted by atomic mass is 10.0. The van der Waals surface area contributed by atoms with E-state index in [0.717, 1.165) is 38.5 Å². The molecule has 5 nitrogen and oxygen atoms in total. The molecule has 4 N–H and O–H groups in total. The Kier molecular flexibility index (Phi) is 36.7. The maximum atomic E-state index is 12.4. The Bertz CT molecular complexity index is 694. The normalized spacial score (nSPS) is 13.9. The summed E-state index contributed by atoms with van der Waals surface area (Å²) in [7, 11) is 0. The van der Waals surface area contributed by atoms with Crippen molar-refractivity contribution in [2.45, 2.75) is 231 Å². The smallest absolute Gasteiger partial charge is 0.249 e. The van der Waals surface area contributed by atoms with Crippen molar-refractivity contribution >= 4 is 5.91 Å². The van der Waals surface area contributed by atoms with Gasteiger partial charge < -0.3 is 20.6 Å². The van der Waals surface area contributed by atoms with Gasteiger partial charge in [-0.1, -0.05) is 205 Å². The fourth-order valence-electron chi connectivity index (χ4n) is 6.26. The molecule has 5 heteroatoms. The number of carbonyl (C=O) groups is 1. The first kappa shape index (κ1) is 45.8. The number of hydrogen-bond acceptors (Lipinski definition) is 4. The van der Waals surface area contributed by atoms with Crippen molar-refractivity contribution < 1.29 is 20.1 Å². The van der Waals surface area contributed by atoms with Crippen LogP contribution in [-0.4, -0.2) is 46.1 Å². The van der Waals surface area contributed by atoms with E-state index in [4.69, 9.17) is 0 Å². The zero-order valence-electron chi connectivity index (χ0n) is 31.4. The first-order chi connectivity index (χ1) is 23.1. The molecule has 0 radical (unpaired) electrons. The van der Waals surface area contributed by atoms with Gasteiger partial charge in [0, 0.05) is 0 Å². The average molecular weight is 664 g/mol. The van der Waals surface area contributed by atoms with Crippen LogP contribution in [0.15, 0.2) is 24.3 Å². The molecular weight excluding hydrogens is 582 g/mol. The lowest BCUT2D eigenvalue weighted by molar-refractivity contribution is -0.131. The van der Waals surface area contributed by atoms with Gasteiger partial charge in [0.15, 0.2) is 0 Å². The second-order valence-electron chi connectivity index (χ2n) is 14.2. The highest BCUT2D eigenvalue weighted by molar-refractivity contribution is 5.80. The third-order valence-electron chi connectivity index (χ3n) is 9.54. The molecule has 0 aliphatic carbocycles. The largest absolute Gasteiger partial charge is 0.394 e. The van der Waals surface area contributed by atoms with Crippen LogP contribution in [0.25, 0.3) is 0 Å².